The average molecular weight is 421 g/mol. The fourth-order valence-corrected chi connectivity index (χ4v) is 4.61. The molecule has 13 heteroatoms. The maximum absolute atomic E-state index is 11.3. The lowest BCUT2D eigenvalue weighted by Crippen LogP contribution is -2.01. The van der Waals surface area contributed by atoms with Gasteiger partial charge in [0.1, 0.15) is 29.2 Å². The number of thiazole rings is 1. The second-order valence-corrected chi connectivity index (χ2v) is 7.51. The van der Waals surface area contributed by atoms with Crippen molar-refractivity contribution in [2.75, 3.05) is 0 Å². The van der Waals surface area contributed by atoms with Crippen LogP contribution in [-0.2, 0) is 0 Å². The van der Waals surface area contributed by atoms with Gasteiger partial charge in [-0.15, -0.1) is 11.3 Å². The number of nitro groups is 1. The van der Waals surface area contributed by atoms with Crippen molar-refractivity contribution in [3.8, 4) is 10.8 Å². The van der Waals surface area contributed by atoms with E-state index in [2.05, 4.69) is 29.3 Å². The van der Waals surface area contributed by atoms with Crippen LogP contribution in [0.4, 0.5) is 5.95 Å². The number of rotatable bonds is 3. The fraction of sp³-hybridized carbons (Fsp3) is 0. The summed E-state index contributed by atoms with van der Waals surface area (Å²) in [4.78, 5) is 31.9. The molecule has 0 N–H and O–H groups in total. The summed E-state index contributed by atoms with van der Waals surface area (Å²) in [5, 5.41) is 16.4. The highest BCUT2D eigenvalue weighted by molar-refractivity contribution is 7.12. The monoisotopic (exact) mass is 421 g/mol. The van der Waals surface area contributed by atoms with Crippen LogP contribution in [0.25, 0.3) is 43.9 Å². The van der Waals surface area contributed by atoms with Crippen LogP contribution in [0.1, 0.15) is 0 Å². The lowest BCUT2D eigenvalue weighted by Gasteiger charge is -2.07. The first-order chi connectivity index (χ1) is 14.2. The highest BCUT2D eigenvalue weighted by Crippen LogP contribution is 2.39. The maximum Gasteiger partial charge on any atom is 0.469 e. The Morgan fingerprint density at radius 2 is 1.93 bits per heavy atom. The van der Waals surface area contributed by atoms with E-state index >= 15 is 0 Å². The molecule has 6 heterocycles. The van der Waals surface area contributed by atoms with Gasteiger partial charge in [0.2, 0.25) is 0 Å². The lowest BCUT2D eigenvalue weighted by molar-refractivity contribution is -0.394. The molecule has 29 heavy (non-hydrogen) atoms. The normalized spacial score (nSPS) is 11.7. The lowest BCUT2D eigenvalue weighted by atomic mass is 10.3. The SMILES string of the molecule is O=[N+]([O-])c1ncc2c(n1)c1c3ncncc3n(-c3nccs3)c1n2-c1cnsc1. The fourth-order valence-electron chi connectivity index (χ4n) is 3.45. The minimum atomic E-state index is -0.607. The van der Waals surface area contributed by atoms with Crippen molar-refractivity contribution in [3.05, 3.63) is 52.0 Å². The molecule has 0 aliphatic heterocycles. The topological polar surface area (TPSA) is 130 Å². The Kier molecular flexibility index (Phi) is 3.24. The van der Waals surface area contributed by atoms with Crippen molar-refractivity contribution in [1.82, 2.24) is 38.4 Å². The molecular weight excluding hydrogens is 414 g/mol. The van der Waals surface area contributed by atoms with Crippen LogP contribution in [-0.4, -0.2) is 43.4 Å². The van der Waals surface area contributed by atoms with Crippen LogP contribution in [0.5, 0.6) is 0 Å². The molecule has 0 spiro atoms. The van der Waals surface area contributed by atoms with Crippen molar-refractivity contribution in [1.29, 1.82) is 0 Å². The van der Waals surface area contributed by atoms with Gasteiger partial charge in [0.15, 0.2) is 10.6 Å². The standard InChI is InChI=1S/C16H7N9O2S2/c26-25(27)15-19-5-10-13(22-15)11-12-9(4-17-7-20-12)24(16-18-1-2-28-16)14(11)23(10)8-3-21-29-6-8/h1-7H. The summed E-state index contributed by atoms with van der Waals surface area (Å²) in [6, 6.07) is 0. The van der Waals surface area contributed by atoms with Crippen molar-refractivity contribution in [3.63, 3.8) is 0 Å². The van der Waals surface area contributed by atoms with Gasteiger partial charge < -0.3 is 10.1 Å². The summed E-state index contributed by atoms with van der Waals surface area (Å²) < 4.78 is 8.05. The van der Waals surface area contributed by atoms with Crippen LogP contribution in [0.15, 0.2) is 41.9 Å². The number of fused-ring (bicyclic) bond motifs is 5. The first-order valence-corrected chi connectivity index (χ1v) is 9.91. The quantitative estimate of drug-likeness (QED) is 0.315. The van der Waals surface area contributed by atoms with Crippen molar-refractivity contribution < 1.29 is 4.92 Å². The van der Waals surface area contributed by atoms with Crippen LogP contribution in [0.2, 0.25) is 0 Å². The predicted molar refractivity (Wildman–Crippen MR) is 107 cm³/mol. The predicted octanol–water partition coefficient (Wildman–Crippen LogP) is 3.13. The minimum absolute atomic E-state index is 0.437. The van der Waals surface area contributed by atoms with Gasteiger partial charge in [-0.05, 0) is 16.5 Å². The van der Waals surface area contributed by atoms with E-state index in [0.29, 0.717) is 21.9 Å². The van der Waals surface area contributed by atoms with E-state index in [1.54, 1.807) is 18.6 Å². The Balaban J connectivity index is 1.92. The summed E-state index contributed by atoms with van der Waals surface area (Å²) in [7, 11) is 0. The van der Waals surface area contributed by atoms with Gasteiger partial charge >= 0.3 is 5.95 Å². The van der Waals surface area contributed by atoms with E-state index in [0.717, 1.165) is 22.0 Å². The van der Waals surface area contributed by atoms with Crippen LogP contribution >= 0.6 is 22.9 Å². The first-order valence-electron chi connectivity index (χ1n) is 8.19. The molecule has 0 saturated carbocycles. The summed E-state index contributed by atoms with van der Waals surface area (Å²) >= 11 is 2.76. The van der Waals surface area contributed by atoms with Crippen LogP contribution in [0.3, 0.4) is 0 Å². The van der Waals surface area contributed by atoms with Gasteiger partial charge in [0.05, 0.1) is 29.0 Å². The zero-order chi connectivity index (χ0) is 19.5. The number of hydrogen-bond donors (Lipinski definition) is 0. The molecule has 0 aliphatic carbocycles. The summed E-state index contributed by atoms with van der Waals surface area (Å²) in [6.45, 7) is 0. The van der Waals surface area contributed by atoms with Crippen molar-refractivity contribution >= 4 is 61.9 Å². The highest BCUT2D eigenvalue weighted by Gasteiger charge is 2.28. The van der Waals surface area contributed by atoms with E-state index in [9.17, 15) is 10.1 Å². The Labute approximate surface area is 168 Å². The summed E-state index contributed by atoms with van der Waals surface area (Å²) in [5.41, 5.74) is 3.93. The molecule has 6 aromatic heterocycles. The van der Waals surface area contributed by atoms with Crippen molar-refractivity contribution in [2.45, 2.75) is 0 Å². The molecule has 0 amide bonds. The van der Waals surface area contributed by atoms with Gasteiger partial charge in [0, 0.05) is 17.0 Å². The molecule has 0 unspecified atom stereocenters. The van der Waals surface area contributed by atoms with Crippen LogP contribution < -0.4 is 0 Å². The van der Waals surface area contributed by atoms with Gasteiger partial charge in [-0.25, -0.2) is 15.0 Å². The van der Waals surface area contributed by atoms with Gasteiger partial charge in [-0.2, -0.15) is 4.37 Å². The van der Waals surface area contributed by atoms with Gasteiger partial charge in [0.25, 0.3) is 0 Å². The van der Waals surface area contributed by atoms with Gasteiger partial charge in [-0.1, -0.05) is 9.97 Å². The molecular formula is C16H7N9O2S2. The highest BCUT2D eigenvalue weighted by atomic mass is 32.1. The Morgan fingerprint density at radius 1 is 1.03 bits per heavy atom. The second kappa shape index (κ2) is 5.83. The van der Waals surface area contributed by atoms with E-state index < -0.39 is 10.9 Å². The molecule has 0 saturated heterocycles. The number of hydrogen-bond acceptors (Lipinski definition) is 10. The first kappa shape index (κ1) is 16.1. The van der Waals surface area contributed by atoms with E-state index in [1.807, 2.05) is 19.9 Å². The molecule has 0 aliphatic rings. The number of nitrogens with zero attached hydrogens (tertiary/aromatic N) is 9. The minimum Gasteiger partial charge on any atom is -0.390 e. The van der Waals surface area contributed by atoms with Gasteiger partial charge in [-0.3, -0.25) is 9.13 Å². The van der Waals surface area contributed by atoms with E-state index in [4.69, 9.17) is 0 Å². The molecule has 0 fully saturated rings. The van der Waals surface area contributed by atoms with E-state index in [1.165, 1.54) is 35.4 Å². The molecule has 140 valence electrons. The number of aromatic nitrogens is 8. The Bertz CT molecular complexity index is 1530. The Hall–Kier alpha value is -3.84. The molecule has 0 bridgehead atoms. The van der Waals surface area contributed by atoms with Crippen molar-refractivity contribution in [2.24, 2.45) is 0 Å². The second-order valence-electron chi connectivity index (χ2n) is 5.98. The molecule has 11 nitrogen and oxygen atoms in total. The Morgan fingerprint density at radius 3 is 2.69 bits per heavy atom. The molecule has 6 rings (SSSR count). The zero-order valence-electron chi connectivity index (χ0n) is 14.2. The van der Waals surface area contributed by atoms with Crippen LogP contribution in [0, 0.1) is 10.1 Å². The third kappa shape index (κ3) is 2.16. The summed E-state index contributed by atoms with van der Waals surface area (Å²) in [5.74, 6) is -0.468. The molecule has 6 aromatic rings. The molecule has 0 radical (unpaired) electrons. The average Bonchev–Trinajstić information content (AvgIpc) is 3.50. The molecule has 0 aromatic carbocycles. The zero-order valence-corrected chi connectivity index (χ0v) is 15.8. The third-order valence-corrected chi connectivity index (χ3v) is 5.83. The third-order valence-electron chi connectivity index (χ3n) is 4.50. The largest absolute Gasteiger partial charge is 0.469 e. The maximum atomic E-state index is 11.3. The van der Waals surface area contributed by atoms with E-state index in [-0.39, 0.29) is 0 Å². The molecule has 0 atom stereocenters. The summed E-state index contributed by atoms with van der Waals surface area (Å²) in [6.07, 6.45) is 8.03. The smallest absolute Gasteiger partial charge is 0.390 e.